The predicted molar refractivity (Wildman–Crippen MR) is 352 cm³/mol. The number of fused-ring (bicyclic) bond motifs is 1. The minimum Gasteiger partial charge on any atom is -0.384 e. The van der Waals surface area contributed by atoms with E-state index in [1.165, 1.54) is 35.0 Å². The molecule has 27 heteroatoms. The van der Waals surface area contributed by atoms with Crippen LogP contribution in [-0.2, 0) is 39.0 Å². The maximum Gasteiger partial charge on any atom is 0.501 e. The van der Waals surface area contributed by atoms with Gasteiger partial charge in [0, 0.05) is 123 Å². The van der Waals surface area contributed by atoms with Gasteiger partial charge in [-0.25, -0.2) is 21.6 Å². The van der Waals surface area contributed by atoms with Crippen LogP contribution in [0.15, 0.2) is 136 Å². The molecule has 5 aromatic carbocycles. The second-order valence-electron chi connectivity index (χ2n) is 24.8. The molecule has 5 heterocycles. The highest BCUT2D eigenvalue weighted by molar-refractivity contribution is 7.99. The number of nitrogens with one attached hydrogen (secondary N) is 4. The summed E-state index contributed by atoms with van der Waals surface area (Å²) in [5.74, 6) is -2.85. The second kappa shape index (κ2) is 29.3. The molecule has 6 amide bonds. The van der Waals surface area contributed by atoms with Crippen molar-refractivity contribution in [2.24, 2.45) is 5.41 Å². The number of amides is 6. The first-order valence-electron chi connectivity index (χ1n) is 31.7. The first-order chi connectivity index (χ1) is 45.0. The molecule has 0 bridgehead atoms. The fourth-order valence-electron chi connectivity index (χ4n) is 13.4. The van der Waals surface area contributed by atoms with Crippen LogP contribution in [0.25, 0.3) is 5.57 Å². The summed E-state index contributed by atoms with van der Waals surface area (Å²) in [6, 6.07) is 29.3. The number of hydrogen-bond donors (Lipinski definition) is 4. The average molecular weight is 1370 g/mol. The molecular formula is C67H75ClF3N9O11S3. The van der Waals surface area contributed by atoms with Gasteiger partial charge in [0.25, 0.3) is 37.6 Å². The standard InChI is InChI=1S/C67H75ClF3N9O11S3/c68-48-17-13-45(14-18-48)53-25-27-66(28-31-79(44-66)60(82)12-5-2-6-29-72-56-11-7-10-54-61(56)65(86)80(64(54)85)57-23-24-59(81)74-63(57)84)41-47(53)42-77-32-34-78(35-33-77)50-19-15-46(16-20-50)62(83)75-94(89,90)52-21-22-55(58(40-52)93(87,88)67(69,70)71)73-49(26-30-76-36-38-91-39-37-76)43-92-51-8-3-1-4-9-51/h1,3-4,7-11,13-22,40,49,57,72-73H,2,5-6,12,23-39,41-44H2,(H,75,83)(H,74,81,84)/t49-,57?,66+/m1/s1. The van der Waals surface area contributed by atoms with Crippen LogP contribution >= 0.6 is 23.4 Å². The van der Waals surface area contributed by atoms with Crippen molar-refractivity contribution in [3.8, 4) is 0 Å². The van der Waals surface area contributed by atoms with E-state index in [2.05, 4.69) is 42.8 Å². The number of ether oxygens (including phenoxy) is 1. The topological polar surface area (TPSA) is 244 Å². The van der Waals surface area contributed by atoms with Crippen molar-refractivity contribution in [3.63, 3.8) is 0 Å². The van der Waals surface area contributed by atoms with Crippen LogP contribution < -0.4 is 25.6 Å². The fraction of sp³-hybridized carbons (Fsp3) is 0.433. The maximum absolute atomic E-state index is 14.4. The highest BCUT2D eigenvalue weighted by Gasteiger charge is 2.49. The maximum atomic E-state index is 14.4. The van der Waals surface area contributed by atoms with Gasteiger partial charge in [-0.2, -0.15) is 13.2 Å². The highest BCUT2D eigenvalue weighted by Crippen LogP contribution is 2.49. The van der Waals surface area contributed by atoms with Crippen molar-refractivity contribution < 1.29 is 63.5 Å². The summed E-state index contributed by atoms with van der Waals surface area (Å²) < 4.78 is 104. The average Bonchev–Trinajstić information content (AvgIpc) is 1.42. The Kier molecular flexibility index (Phi) is 21.2. The van der Waals surface area contributed by atoms with Gasteiger partial charge >= 0.3 is 5.51 Å². The number of morpholine rings is 1. The van der Waals surface area contributed by atoms with Gasteiger partial charge < -0.3 is 25.2 Å². The van der Waals surface area contributed by atoms with E-state index in [0.717, 1.165) is 71.8 Å². The Bertz CT molecular complexity index is 3930. The second-order valence-corrected chi connectivity index (χ2v) is 29.9. The Morgan fingerprint density at radius 2 is 1.52 bits per heavy atom. The molecule has 0 saturated carbocycles. The minimum atomic E-state index is -6.11. The largest absolute Gasteiger partial charge is 0.501 e. The molecule has 5 aliphatic heterocycles. The molecule has 4 fully saturated rings. The number of rotatable bonds is 24. The summed E-state index contributed by atoms with van der Waals surface area (Å²) in [5.41, 5.74) is -0.903. The van der Waals surface area contributed by atoms with Crippen LogP contribution in [0, 0.1) is 5.41 Å². The van der Waals surface area contributed by atoms with E-state index in [9.17, 15) is 58.8 Å². The number of piperidine rings is 1. The molecule has 1 spiro atoms. The number of sulfone groups is 1. The number of thioether (sulfide) groups is 1. The van der Waals surface area contributed by atoms with Crippen molar-refractivity contribution in [1.29, 1.82) is 0 Å². The number of carbonyl (C=O) groups is 6. The van der Waals surface area contributed by atoms with Gasteiger partial charge in [-0.3, -0.25) is 48.8 Å². The number of unbranched alkanes of at least 4 members (excludes halogenated alkanes) is 2. The van der Waals surface area contributed by atoms with Crippen molar-refractivity contribution in [2.45, 2.75) is 103 Å². The van der Waals surface area contributed by atoms with Gasteiger partial charge in [0.05, 0.1) is 34.9 Å². The summed E-state index contributed by atoms with van der Waals surface area (Å²) >= 11 is 7.79. The Morgan fingerprint density at radius 1 is 0.777 bits per heavy atom. The zero-order chi connectivity index (χ0) is 66.4. The molecular weight excluding hydrogens is 1300 g/mol. The summed E-state index contributed by atoms with van der Waals surface area (Å²) in [4.78, 5) is 87.0. The predicted octanol–water partition coefficient (Wildman–Crippen LogP) is 9.10. The van der Waals surface area contributed by atoms with E-state index in [4.69, 9.17) is 16.3 Å². The zero-order valence-corrected chi connectivity index (χ0v) is 55.0. The number of hydrogen-bond acceptors (Lipinski definition) is 17. The monoisotopic (exact) mass is 1370 g/mol. The molecule has 1 unspecified atom stereocenters. The van der Waals surface area contributed by atoms with Crippen LogP contribution in [0.3, 0.4) is 0 Å². The molecule has 500 valence electrons. The smallest absolute Gasteiger partial charge is 0.384 e. The first kappa shape index (κ1) is 68.1. The van der Waals surface area contributed by atoms with Crippen LogP contribution in [0.2, 0.25) is 5.02 Å². The number of sulfonamides is 1. The number of anilines is 3. The number of piperazine rings is 1. The van der Waals surface area contributed by atoms with Crippen molar-refractivity contribution in [2.75, 3.05) is 106 Å². The molecule has 6 aliphatic rings. The third-order valence-corrected chi connectivity index (χ3v) is 22.9. The molecule has 11 rings (SSSR count). The van der Waals surface area contributed by atoms with Crippen LogP contribution in [-0.4, -0.2) is 180 Å². The highest BCUT2D eigenvalue weighted by atomic mass is 35.5. The molecule has 94 heavy (non-hydrogen) atoms. The molecule has 20 nitrogen and oxygen atoms in total. The Hall–Kier alpha value is -7.33. The van der Waals surface area contributed by atoms with Crippen molar-refractivity contribution in [3.05, 3.63) is 148 Å². The van der Waals surface area contributed by atoms with Gasteiger partial charge in [0.2, 0.25) is 17.7 Å². The van der Waals surface area contributed by atoms with E-state index < -0.39 is 82.5 Å². The van der Waals surface area contributed by atoms with Crippen molar-refractivity contribution >= 4 is 101 Å². The summed E-state index contributed by atoms with van der Waals surface area (Å²) in [5, 5.41) is 9.15. The number of halogens is 4. The number of carbonyl (C=O) groups excluding carboxylic acids is 6. The molecule has 4 saturated heterocycles. The Balaban J connectivity index is 0.673. The molecule has 3 atom stereocenters. The van der Waals surface area contributed by atoms with E-state index >= 15 is 0 Å². The first-order valence-corrected chi connectivity index (χ1v) is 36.1. The fourth-order valence-corrected chi connectivity index (χ4v) is 16.6. The Labute approximate surface area is 554 Å². The summed E-state index contributed by atoms with van der Waals surface area (Å²) in [7, 11) is -11.0. The van der Waals surface area contributed by atoms with Gasteiger partial charge in [0.15, 0.2) is 0 Å². The number of imide groups is 2. The number of benzene rings is 5. The quantitative estimate of drug-likeness (QED) is 0.0256. The minimum absolute atomic E-state index is 0.0331. The van der Waals surface area contributed by atoms with E-state index in [0.29, 0.717) is 127 Å². The molecule has 0 aromatic heterocycles. The number of likely N-dealkylation sites (tertiary alicyclic amines) is 1. The lowest BCUT2D eigenvalue weighted by molar-refractivity contribution is -0.136. The van der Waals surface area contributed by atoms with Crippen LogP contribution in [0.1, 0.15) is 107 Å². The molecule has 4 N–H and O–H groups in total. The van der Waals surface area contributed by atoms with E-state index in [-0.39, 0.29) is 40.9 Å². The van der Waals surface area contributed by atoms with E-state index in [1.54, 1.807) is 30.3 Å². The molecule has 1 aliphatic carbocycles. The van der Waals surface area contributed by atoms with Gasteiger partial charge in [0.1, 0.15) is 10.9 Å². The molecule has 5 aromatic rings. The number of alkyl halides is 3. The third kappa shape index (κ3) is 15.8. The Morgan fingerprint density at radius 3 is 2.24 bits per heavy atom. The molecule has 0 radical (unpaired) electrons. The number of nitrogens with zero attached hydrogens (tertiary/aromatic N) is 5. The summed E-state index contributed by atoms with van der Waals surface area (Å²) in [6.45, 7) is 8.18. The van der Waals surface area contributed by atoms with Gasteiger partial charge in [-0.05, 0) is 147 Å². The summed E-state index contributed by atoms with van der Waals surface area (Å²) in [6.07, 6.45) is 6.58. The van der Waals surface area contributed by atoms with Crippen LogP contribution in [0.5, 0.6) is 0 Å². The zero-order valence-electron chi connectivity index (χ0n) is 51.8. The van der Waals surface area contributed by atoms with E-state index in [1.807, 2.05) is 52.1 Å². The lowest BCUT2D eigenvalue weighted by Crippen LogP contribution is -2.54. The normalized spacial score (nSPS) is 20.4. The SMILES string of the molecule is O=C1CCC(N2C(=O)c3cccc(NCCCCCC(=O)N4CC[C@]5(CCC(c6ccc(Cl)cc6)=C(CN6CCN(c7ccc(C(=O)NS(=O)(=O)c8ccc(N[C@H](CCN9CCOCC9)CSc9ccccc9)c(S(=O)(=O)C(F)(F)F)c8)cc7)CC6)C5)C4)c3C2=O)C(=O)N1. The van der Waals surface area contributed by atoms with Gasteiger partial charge in [-0.1, -0.05) is 60.0 Å². The third-order valence-electron chi connectivity index (χ3n) is 18.6. The van der Waals surface area contributed by atoms with Gasteiger partial charge in [-0.15, -0.1) is 11.8 Å². The lowest BCUT2D eigenvalue weighted by atomic mass is 9.69. The van der Waals surface area contributed by atoms with Crippen molar-refractivity contribution in [1.82, 2.24) is 29.6 Å². The lowest BCUT2D eigenvalue weighted by Gasteiger charge is -2.40. The van der Waals surface area contributed by atoms with Crippen LogP contribution in [0.4, 0.5) is 30.2 Å². The number of allylic oxidation sites excluding steroid dienone is 1.